The smallest absolute Gasteiger partial charge is 0.317 e. The summed E-state index contributed by atoms with van der Waals surface area (Å²) in [6.45, 7) is 0.991. The Morgan fingerprint density at radius 1 is 1.67 bits per heavy atom. The van der Waals surface area contributed by atoms with Gasteiger partial charge in [0.1, 0.15) is 0 Å². The number of pyridine rings is 1. The Morgan fingerprint density at radius 3 is 3.20 bits per heavy atom. The van der Waals surface area contributed by atoms with Crippen LogP contribution in [0.1, 0.15) is 24.4 Å². The van der Waals surface area contributed by atoms with Crippen LogP contribution in [-0.4, -0.2) is 34.0 Å². The van der Waals surface area contributed by atoms with Crippen LogP contribution >= 0.6 is 0 Å². The molecule has 0 amide bonds. The van der Waals surface area contributed by atoms with Gasteiger partial charge >= 0.3 is 5.97 Å². The van der Waals surface area contributed by atoms with E-state index in [2.05, 4.69) is 4.98 Å². The molecule has 0 bridgehead atoms. The molecule has 1 atom stereocenters. The highest BCUT2D eigenvalue weighted by Crippen LogP contribution is 2.30. The lowest BCUT2D eigenvalue weighted by Crippen LogP contribution is -2.29. The number of carboxylic acids is 1. The van der Waals surface area contributed by atoms with Crippen molar-refractivity contribution < 1.29 is 9.90 Å². The van der Waals surface area contributed by atoms with Crippen molar-refractivity contribution in [1.29, 1.82) is 0 Å². The Bertz CT molecular complexity index is 340. The van der Waals surface area contributed by atoms with Crippen LogP contribution in [0.5, 0.6) is 0 Å². The van der Waals surface area contributed by atoms with Gasteiger partial charge in [-0.25, -0.2) is 0 Å². The van der Waals surface area contributed by atoms with Crippen molar-refractivity contribution in [3.63, 3.8) is 0 Å². The summed E-state index contributed by atoms with van der Waals surface area (Å²) in [6.07, 6.45) is 5.65. The number of nitrogens with zero attached hydrogens (tertiary/aromatic N) is 2. The predicted molar refractivity (Wildman–Crippen MR) is 55.4 cm³/mol. The molecule has 0 aromatic carbocycles. The molecule has 0 unspecified atom stereocenters. The highest BCUT2D eigenvalue weighted by molar-refractivity contribution is 5.69. The Hall–Kier alpha value is -1.42. The molecule has 0 saturated carbocycles. The van der Waals surface area contributed by atoms with E-state index in [0.29, 0.717) is 0 Å². The summed E-state index contributed by atoms with van der Waals surface area (Å²) in [5.41, 5.74) is 1.12. The van der Waals surface area contributed by atoms with Crippen LogP contribution in [0.3, 0.4) is 0 Å². The fourth-order valence-electron chi connectivity index (χ4n) is 2.14. The second-order valence-corrected chi connectivity index (χ2v) is 3.81. The van der Waals surface area contributed by atoms with E-state index in [1.165, 1.54) is 0 Å². The maximum absolute atomic E-state index is 10.7. The van der Waals surface area contributed by atoms with Gasteiger partial charge in [0.05, 0.1) is 6.54 Å². The highest BCUT2D eigenvalue weighted by Gasteiger charge is 2.27. The monoisotopic (exact) mass is 206 g/mol. The molecule has 1 aliphatic heterocycles. The fourth-order valence-corrected chi connectivity index (χ4v) is 2.14. The normalized spacial score (nSPS) is 21.7. The van der Waals surface area contributed by atoms with Crippen molar-refractivity contribution in [3.05, 3.63) is 30.1 Å². The van der Waals surface area contributed by atoms with Gasteiger partial charge in [-0.15, -0.1) is 0 Å². The first-order valence-electron chi connectivity index (χ1n) is 5.13. The number of aromatic nitrogens is 1. The van der Waals surface area contributed by atoms with Crippen molar-refractivity contribution in [3.8, 4) is 0 Å². The lowest BCUT2D eigenvalue weighted by Gasteiger charge is -2.22. The third-order valence-electron chi connectivity index (χ3n) is 2.77. The third-order valence-corrected chi connectivity index (χ3v) is 2.77. The summed E-state index contributed by atoms with van der Waals surface area (Å²) in [4.78, 5) is 16.7. The number of hydrogen-bond donors (Lipinski definition) is 1. The van der Waals surface area contributed by atoms with Gasteiger partial charge in [-0.3, -0.25) is 14.7 Å². The number of rotatable bonds is 3. The molecule has 1 saturated heterocycles. The zero-order valence-electron chi connectivity index (χ0n) is 8.47. The molecule has 0 aliphatic carbocycles. The number of hydrogen-bond acceptors (Lipinski definition) is 3. The molecule has 4 heteroatoms. The molecule has 15 heavy (non-hydrogen) atoms. The van der Waals surface area contributed by atoms with E-state index in [4.69, 9.17) is 5.11 Å². The van der Waals surface area contributed by atoms with Crippen LogP contribution in [0.4, 0.5) is 0 Å². The molecule has 4 nitrogen and oxygen atoms in total. The van der Waals surface area contributed by atoms with Gasteiger partial charge < -0.3 is 5.11 Å². The molecule has 1 aromatic heterocycles. The molecule has 1 fully saturated rings. The van der Waals surface area contributed by atoms with Crippen molar-refractivity contribution in [1.82, 2.24) is 9.88 Å². The van der Waals surface area contributed by atoms with E-state index >= 15 is 0 Å². The maximum Gasteiger partial charge on any atom is 0.317 e. The topological polar surface area (TPSA) is 53.4 Å². The standard InChI is InChI=1S/C11H14N2O2/c14-11(15)8-13-6-2-4-10(13)9-3-1-5-12-7-9/h1,3,5,7,10H,2,4,6,8H2,(H,14,15)/t10-/m0/s1. The first kappa shape index (κ1) is 10.1. The van der Waals surface area contributed by atoms with Gasteiger partial charge in [0.25, 0.3) is 0 Å². The van der Waals surface area contributed by atoms with E-state index in [9.17, 15) is 4.79 Å². The summed E-state index contributed by atoms with van der Waals surface area (Å²) in [5, 5.41) is 8.78. The summed E-state index contributed by atoms with van der Waals surface area (Å²) >= 11 is 0. The van der Waals surface area contributed by atoms with Crippen LogP contribution in [-0.2, 0) is 4.79 Å². The average Bonchev–Trinajstić information content (AvgIpc) is 2.66. The SMILES string of the molecule is O=C(O)CN1CCC[C@H]1c1cccnc1. The van der Waals surface area contributed by atoms with E-state index in [-0.39, 0.29) is 12.6 Å². The lowest BCUT2D eigenvalue weighted by molar-refractivity contribution is -0.138. The number of aliphatic carboxylic acids is 1. The Balaban J connectivity index is 2.11. The van der Waals surface area contributed by atoms with Gasteiger partial charge in [0, 0.05) is 18.4 Å². The number of likely N-dealkylation sites (tertiary alicyclic amines) is 1. The minimum atomic E-state index is -0.759. The molecule has 1 aromatic rings. The largest absolute Gasteiger partial charge is 0.480 e. The van der Waals surface area contributed by atoms with Gasteiger partial charge in [0.15, 0.2) is 0 Å². The maximum atomic E-state index is 10.7. The van der Waals surface area contributed by atoms with E-state index < -0.39 is 5.97 Å². The molecule has 1 N–H and O–H groups in total. The number of carbonyl (C=O) groups is 1. The average molecular weight is 206 g/mol. The first-order chi connectivity index (χ1) is 7.27. The molecule has 2 rings (SSSR count). The zero-order valence-corrected chi connectivity index (χ0v) is 8.47. The molecule has 0 radical (unpaired) electrons. The first-order valence-corrected chi connectivity index (χ1v) is 5.13. The zero-order chi connectivity index (χ0) is 10.7. The molecule has 0 spiro atoms. The van der Waals surface area contributed by atoms with Gasteiger partial charge in [-0.2, -0.15) is 0 Å². The van der Waals surface area contributed by atoms with E-state index in [0.717, 1.165) is 24.9 Å². The van der Waals surface area contributed by atoms with Gasteiger partial charge in [-0.05, 0) is 31.0 Å². The quantitative estimate of drug-likeness (QED) is 0.810. The Kier molecular flexibility index (Phi) is 2.97. The highest BCUT2D eigenvalue weighted by atomic mass is 16.4. The summed E-state index contributed by atoms with van der Waals surface area (Å²) in [5.74, 6) is -0.759. The predicted octanol–water partition coefficient (Wildman–Crippen LogP) is 1.30. The van der Waals surface area contributed by atoms with Crippen LogP contribution in [0, 0.1) is 0 Å². The summed E-state index contributed by atoms with van der Waals surface area (Å²) < 4.78 is 0. The second-order valence-electron chi connectivity index (χ2n) is 3.81. The molecule has 2 heterocycles. The summed E-state index contributed by atoms with van der Waals surface area (Å²) in [6, 6.07) is 4.14. The van der Waals surface area contributed by atoms with Gasteiger partial charge in [0.2, 0.25) is 0 Å². The van der Waals surface area contributed by atoms with E-state index in [1.807, 2.05) is 23.2 Å². The minimum Gasteiger partial charge on any atom is -0.480 e. The van der Waals surface area contributed by atoms with Crippen molar-refractivity contribution in [2.24, 2.45) is 0 Å². The Morgan fingerprint density at radius 2 is 2.53 bits per heavy atom. The summed E-state index contributed by atoms with van der Waals surface area (Å²) in [7, 11) is 0. The van der Waals surface area contributed by atoms with Crippen molar-refractivity contribution >= 4 is 5.97 Å². The van der Waals surface area contributed by atoms with Crippen LogP contribution in [0.2, 0.25) is 0 Å². The molecular weight excluding hydrogens is 192 g/mol. The fraction of sp³-hybridized carbons (Fsp3) is 0.455. The molecule has 80 valence electrons. The van der Waals surface area contributed by atoms with Crippen molar-refractivity contribution in [2.75, 3.05) is 13.1 Å². The second kappa shape index (κ2) is 4.40. The van der Waals surface area contributed by atoms with Gasteiger partial charge in [-0.1, -0.05) is 6.07 Å². The number of carboxylic acid groups (broad SMARTS) is 1. The van der Waals surface area contributed by atoms with E-state index in [1.54, 1.807) is 6.20 Å². The minimum absolute atomic E-state index is 0.125. The van der Waals surface area contributed by atoms with Crippen molar-refractivity contribution in [2.45, 2.75) is 18.9 Å². The molecular formula is C11H14N2O2. The third kappa shape index (κ3) is 2.33. The van der Waals surface area contributed by atoms with Crippen LogP contribution in [0.25, 0.3) is 0 Å². The Labute approximate surface area is 88.6 Å². The lowest BCUT2D eigenvalue weighted by atomic mass is 10.1. The molecule has 1 aliphatic rings. The van der Waals surface area contributed by atoms with Crippen LogP contribution in [0.15, 0.2) is 24.5 Å². The van der Waals surface area contributed by atoms with Crippen LogP contribution < -0.4 is 0 Å².